The summed E-state index contributed by atoms with van der Waals surface area (Å²) in [6.45, 7) is 0.841. The van der Waals surface area contributed by atoms with Crippen LogP contribution in [0, 0.1) is 0 Å². The van der Waals surface area contributed by atoms with E-state index < -0.39 is 0 Å². The van der Waals surface area contributed by atoms with Crippen molar-refractivity contribution in [3.05, 3.63) is 0 Å². The fourth-order valence-corrected chi connectivity index (χ4v) is 2.91. The number of ether oxygens (including phenoxy) is 1. The molecule has 0 spiro atoms. The predicted octanol–water partition coefficient (Wildman–Crippen LogP) is 1.37. The molecule has 1 saturated carbocycles. The van der Waals surface area contributed by atoms with Crippen LogP contribution in [0.3, 0.4) is 0 Å². The third-order valence-corrected chi connectivity index (χ3v) is 3.95. The number of hydrogen-bond donors (Lipinski definition) is 2. The summed E-state index contributed by atoms with van der Waals surface area (Å²) in [7, 11) is 0. The van der Waals surface area contributed by atoms with Crippen LogP contribution in [0.5, 0.6) is 0 Å². The molecule has 4 heteroatoms. The van der Waals surface area contributed by atoms with Gasteiger partial charge >= 0.3 is 0 Å². The van der Waals surface area contributed by atoms with Gasteiger partial charge in [0, 0.05) is 6.61 Å². The van der Waals surface area contributed by atoms with E-state index >= 15 is 0 Å². The van der Waals surface area contributed by atoms with Gasteiger partial charge in [-0.25, -0.2) is 0 Å². The summed E-state index contributed by atoms with van der Waals surface area (Å²) in [5.74, 6) is 0.0350. The Morgan fingerprint density at radius 2 is 2.06 bits per heavy atom. The van der Waals surface area contributed by atoms with Gasteiger partial charge in [-0.05, 0) is 25.7 Å². The number of carbonyl (C=O) groups excluding carboxylic acids is 1. The first kappa shape index (κ1) is 12.8. The molecular weight excluding hydrogens is 218 g/mol. The molecule has 1 saturated heterocycles. The number of hydrogen-bond acceptors (Lipinski definition) is 3. The van der Waals surface area contributed by atoms with Gasteiger partial charge in [-0.1, -0.05) is 19.3 Å². The lowest BCUT2D eigenvalue weighted by Crippen LogP contribution is -2.53. The maximum absolute atomic E-state index is 11.9. The van der Waals surface area contributed by atoms with E-state index in [9.17, 15) is 9.90 Å². The maximum Gasteiger partial charge on any atom is 0.223 e. The Morgan fingerprint density at radius 1 is 1.29 bits per heavy atom. The van der Waals surface area contributed by atoms with Crippen molar-refractivity contribution in [3.8, 4) is 0 Å². The van der Waals surface area contributed by atoms with Gasteiger partial charge in [-0.3, -0.25) is 4.79 Å². The van der Waals surface area contributed by atoms with Crippen molar-refractivity contribution in [2.45, 2.75) is 63.0 Å². The molecule has 4 nitrogen and oxygen atoms in total. The monoisotopic (exact) mass is 241 g/mol. The molecule has 1 heterocycles. The summed E-state index contributed by atoms with van der Waals surface area (Å²) in [5.41, 5.74) is -0.353. The van der Waals surface area contributed by atoms with Crippen LogP contribution in [0.4, 0.5) is 0 Å². The minimum Gasteiger partial charge on any atom is -0.394 e. The highest BCUT2D eigenvalue weighted by Crippen LogP contribution is 2.28. The summed E-state index contributed by atoms with van der Waals surface area (Å²) in [5, 5.41) is 12.5. The summed E-state index contributed by atoms with van der Waals surface area (Å²) < 4.78 is 5.46. The van der Waals surface area contributed by atoms with Gasteiger partial charge in [0.15, 0.2) is 0 Å². The van der Waals surface area contributed by atoms with E-state index in [1.54, 1.807) is 0 Å². The van der Waals surface area contributed by atoms with Crippen molar-refractivity contribution in [1.82, 2.24) is 5.32 Å². The lowest BCUT2D eigenvalue weighted by molar-refractivity contribution is -0.126. The second kappa shape index (κ2) is 5.83. The van der Waals surface area contributed by atoms with Crippen LogP contribution in [0.2, 0.25) is 0 Å². The van der Waals surface area contributed by atoms with E-state index in [1.165, 1.54) is 6.42 Å². The highest BCUT2D eigenvalue weighted by atomic mass is 16.5. The molecule has 17 heavy (non-hydrogen) atoms. The van der Waals surface area contributed by atoms with Crippen molar-refractivity contribution in [1.29, 1.82) is 0 Å². The first-order valence-corrected chi connectivity index (χ1v) is 6.78. The van der Waals surface area contributed by atoms with E-state index in [0.29, 0.717) is 6.42 Å². The topological polar surface area (TPSA) is 58.6 Å². The normalized spacial score (nSPS) is 27.9. The molecule has 1 amide bonds. The van der Waals surface area contributed by atoms with Crippen LogP contribution >= 0.6 is 0 Å². The van der Waals surface area contributed by atoms with Gasteiger partial charge < -0.3 is 15.2 Å². The molecule has 1 aliphatic carbocycles. The average molecular weight is 241 g/mol. The quantitative estimate of drug-likeness (QED) is 0.781. The van der Waals surface area contributed by atoms with Crippen LogP contribution < -0.4 is 5.32 Å². The Hall–Kier alpha value is -0.610. The Bertz CT molecular complexity index is 255. The molecular formula is C13H23NO3. The smallest absolute Gasteiger partial charge is 0.223 e. The minimum atomic E-state index is -0.353. The molecule has 0 radical (unpaired) electrons. The Kier molecular flexibility index (Phi) is 4.40. The molecule has 0 aromatic rings. The molecule has 98 valence electrons. The van der Waals surface area contributed by atoms with Crippen molar-refractivity contribution < 1.29 is 14.6 Å². The molecule has 1 atom stereocenters. The lowest BCUT2D eigenvalue weighted by Gasteiger charge is -2.36. The third kappa shape index (κ3) is 3.42. The second-order valence-electron chi connectivity index (χ2n) is 5.39. The SMILES string of the molecule is O=C(CC1CCCO1)NC1(CO)CCCCC1. The van der Waals surface area contributed by atoms with Crippen LogP contribution in [0.1, 0.15) is 51.4 Å². The van der Waals surface area contributed by atoms with E-state index in [0.717, 1.165) is 45.1 Å². The molecule has 2 rings (SSSR count). The highest BCUT2D eigenvalue weighted by Gasteiger charge is 2.33. The van der Waals surface area contributed by atoms with Crippen molar-refractivity contribution in [2.24, 2.45) is 0 Å². The Morgan fingerprint density at radius 3 is 2.65 bits per heavy atom. The molecule has 2 N–H and O–H groups in total. The third-order valence-electron chi connectivity index (χ3n) is 3.95. The molecule has 1 aliphatic heterocycles. The molecule has 1 unspecified atom stereocenters. The van der Waals surface area contributed by atoms with Gasteiger partial charge in [0.1, 0.15) is 0 Å². The fourth-order valence-electron chi connectivity index (χ4n) is 2.91. The average Bonchev–Trinajstić information content (AvgIpc) is 2.83. The summed E-state index contributed by atoms with van der Waals surface area (Å²) in [6, 6.07) is 0. The predicted molar refractivity (Wildman–Crippen MR) is 64.6 cm³/mol. The van der Waals surface area contributed by atoms with Crippen LogP contribution in [0.25, 0.3) is 0 Å². The van der Waals surface area contributed by atoms with Gasteiger partial charge in [0.25, 0.3) is 0 Å². The minimum absolute atomic E-state index is 0.0350. The van der Waals surface area contributed by atoms with Crippen molar-refractivity contribution in [3.63, 3.8) is 0 Å². The van der Waals surface area contributed by atoms with Crippen molar-refractivity contribution >= 4 is 5.91 Å². The zero-order chi connectivity index (χ0) is 12.1. The summed E-state index contributed by atoms with van der Waals surface area (Å²) in [6.07, 6.45) is 7.80. The van der Waals surface area contributed by atoms with Crippen LogP contribution in [0.15, 0.2) is 0 Å². The van der Waals surface area contributed by atoms with E-state index in [1.807, 2.05) is 0 Å². The standard InChI is InChI=1S/C13H23NO3/c15-10-13(6-2-1-3-7-13)14-12(16)9-11-5-4-8-17-11/h11,15H,1-10H2,(H,14,16). The molecule has 2 aliphatic rings. The maximum atomic E-state index is 11.9. The van der Waals surface area contributed by atoms with E-state index in [2.05, 4.69) is 5.32 Å². The van der Waals surface area contributed by atoms with Gasteiger partial charge in [0.2, 0.25) is 5.91 Å². The molecule has 0 aromatic carbocycles. The zero-order valence-corrected chi connectivity index (χ0v) is 10.4. The largest absolute Gasteiger partial charge is 0.394 e. The Labute approximate surface area is 103 Å². The van der Waals surface area contributed by atoms with Crippen molar-refractivity contribution in [2.75, 3.05) is 13.2 Å². The number of amides is 1. The Balaban J connectivity index is 1.82. The summed E-state index contributed by atoms with van der Waals surface area (Å²) >= 11 is 0. The van der Waals surface area contributed by atoms with Gasteiger partial charge in [0.05, 0.1) is 24.7 Å². The van der Waals surface area contributed by atoms with E-state index in [4.69, 9.17) is 4.74 Å². The van der Waals surface area contributed by atoms with Gasteiger partial charge in [-0.15, -0.1) is 0 Å². The first-order chi connectivity index (χ1) is 8.24. The zero-order valence-electron chi connectivity index (χ0n) is 10.4. The number of nitrogens with one attached hydrogen (secondary N) is 1. The fraction of sp³-hybridized carbons (Fsp3) is 0.923. The molecule has 2 fully saturated rings. The van der Waals surface area contributed by atoms with Gasteiger partial charge in [-0.2, -0.15) is 0 Å². The van der Waals surface area contributed by atoms with Crippen LogP contribution in [-0.2, 0) is 9.53 Å². The number of rotatable bonds is 4. The second-order valence-corrected chi connectivity index (χ2v) is 5.39. The number of aliphatic hydroxyl groups is 1. The number of aliphatic hydroxyl groups excluding tert-OH is 1. The van der Waals surface area contributed by atoms with Crippen LogP contribution in [-0.4, -0.2) is 35.9 Å². The first-order valence-electron chi connectivity index (χ1n) is 6.78. The highest BCUT2D eigenvalue weighted by molar-refractivity contribution is 5.77. The molecule has 0 aromatic heterocycles. The lowest BCUT2D eigenvalue weighted by atomic mass is 9.82. The molecule has 0 bridgehead atoms. The summed E-state index contributed by atoms with van der Waals surface area (Å²) in [4.78, 5) is 11.9. The van der Waals surface area contributed by atoms with E-state index in [-0.39, 0.29) is 24.2 Å². The number of carbonyl (C=O) groups is 1.